The fourth-order valence-electron chi connectivity index (χ4n) is 1.30. The molecule has 0 aliphatic carbocycles. The molecule has 0 aromatic heterocycles. The van der Waals surface area contributed by atoms with Crippen LogP contribution in [-0.2, 0) is 14.3 Å². The first-order valence-corrected chi connectivity index (χ1v) is 6.20. The van der Waals surface area contributed by atoms with Gasteiger partial charge in [-0.2, -0.15) is 0 Å². The zero-order valence-electron chi connectivity index (χ0n) is 12.4. The summed E-state index contributed by atoms with van der Waals surface area (Å²) in [5, 5.41) is 7.89. The normalized spacial score (nSPS) is 12.5. The van der Waals surface area contributed by atoms with Crippen molar-refractivity contribution < 1.29 is 19.4 Å². The lowest BCUT2D eigenvalue weighted by Gasteiger charge is -2.12. The Hall–Kier alpha value is -1.62. The minimum Gasteiger partial charge on any atom is -0.478 e. The zero-order chi connectivity index (χ0) is 15.6. The van der Waals surface area contributed by atoms with E-state index in [0.29, 0.717) is 12.2 Å². The second-order valence-electron chi connectivity index (χ2n) is 4.10. The first-order chi connectivity index (χ1) is 8.68. The van der Waals surface area contributed by atoms with Crippen molar-refractivity contribution in [2.75, 3.05) is 6.61 Å². The number of hydrogen-bond acceptors (Lipinski definition) is 4. The van der Waals surface area contributed by atoms with Gasteiger partial charge in [-0.3, -0.25) is 0 Å². The average molecular weight is 271 g/mol. The molecule has 0 bridgehead atoms. The minimum absolute atomic E-state index is 0.0746. The number of carbonyl (C=O) groups is 2. The summed E-state index contributed by atoms with van der Waals surface area (Å²) in [7, 11) is 0. The predicted molar refractivity (Wildman–Crippen MR) is 75.7 cm³/mol. The number of aliphatic carboxylic acids is 1. The van der Waals surface area contributed by atoms with Gasteiger partial charge >= 0.3 is 11.9 Å². The third-order valence-electron chi connectivity index (χ3n) is 2.36. The van der Waals surface area contributed by atoms with Crippen molar-refractivity contribution in [3.8, 4) is 0 Å². The molecule has 0 heterocycles. The summed E-state index contributed by atoms with van der Waals surface area (Å²) in [6, 6.07) is -0.0746. The van der Waals surface area contributed by atoms with Crippen molar-refractivity contribution in [3.05, 3.63) is 23.3 Å². The van der Waals surface area contributed by atoms with E-state index in [1.165, 1.54) is 6.92 Å². The van der Waals surface area contributed by atoms with Gasteiger partial charge < -0.3 is 15.6 Å². The molecule has 0 radical (unpaired) electrons. The van der Waals surface area contributed by atoms with E-state index in [1.807, 2.05) is 13.8 Å². The van der Waals surface area contributed by atoms with Crippen LogP contribution in [0.2, 0.25) is 0 Å². The highest BCUT2D eigenvalue weighted by Crippen LogP contribution is 2.12. The predicted octanol–water partition coefficient (Wildman–Crippen LogP) is 2.27. The van der Waals surface area contributed by atoms with Crippen LogP contribution in [0.1, 0.15) is 41.0 Å². The average Bonchev–Trinajstić information content (AvgIpc) is 2.30. The third-order valence-corrected chi connectivity index (χ3v) is 2.36. The van der Waals surface area contributed by atoms with Gasteiger partial charge in [-0.1, -0.05) is 13.5 Å². The molecule has 0 fully saturated rings. The van der Waals surface area contributed by atoms with E-state index in [9.17, 15) is 9.59 Å². The highest BCUT2D eigenvalue weighted by Gasteiger charge is 2.12. The number of carbonyl (C=O) groups excluding carboxylic acids is 1. The molecule has 110 valence electrons. The Bertz CT molecular complexity index is 344. The van der Waals surface area contributed by atoms with Crippen LogP contribution in [0, 0.1) is 0 Å². The van der Waals surface area contributed by atoms with Crippen LogP contribution in [0.15, 0.2) is 23.3 Å². The summed E-state index contributed by atoms with van der Waals surface area (Å²) < 4.78 is 4.88. The van der Waals surface area contributed by atoms with Crippen LogP contribution < -0.4 is 5.73 Å². The SMILES string of the molecule is C=C(C)C(=O)O.CCOC(=O)C(C)=C(CC)C(C)N. The van der Waals surface area contributed by atoms with E-state index < -0.39 is 5.97 Å². The second-order valence-corrected chi connectivity index (χ2v) is 4.10. The highest BCUT2D eigenvalue weighted by atomic mass is 16.5. The summed E-state index contributed by atoms with van der Waals surface area (Å²) in [5.41, 5.74) is 7.52. The van der Waals surface area contributed by atoms with Gasteiger partial charge in [0.15, 0.2) is 0 Å². The lowest BCUT2D eigenvalue weighted by Crippen LogP contribution is -2.21. The summed E-state index contributed by atoms with van der Waals surface area (Å²) in [5.74, 6) is -1.19. The van der Waals surface area contributed by atoms with E-state index in [-0.39, 0.29) is 17.6 Å². The molecule has 0 aliphatic heterocycles. The van der Waals surface area contributed by atoms with Gasteiger partial charge in [0.05, 0.1) is 6.61 Å². The lowest BCUT2D eigenvalue weighted by molar-refractivity contribution is -0.138. The van der Waals surface area contributed by atoms with Crippen LogP contribution in [0.5, 0.6) is 0 Å². The molecular formula is C14H25NO4. The van der Waals surface area contributed by atoms with Crippen molar-refractivity contribution in [3.63, 3.8) is 0 Å². The Balaban J connectivity index is 0. The van der Waals surface area contributed by atoms with Gasteiger partial charge in [0.1, 0.15) is 0 Å². The minimum atomic E-state index is -0.935. The van der Waals surface area contributed by atoms with Crippen LogP contribution >= 0.6 is 0 Å². The number of ether oxygens (including phenoxy) is 1. The highest BCUT2D eigenvalue weighted by molar-refractivity contribution is 5.88. The third kappa shape index (κ3) is 9.02. The van der Waals surface area contributed by atoms with Crippen LogP contribution in [0.4, 0.5) is 0 Å². The van der Waals surface area contributed by atoms with E-state index in [0.717, 1.165) is 12.0 Å². The molecule has 0 aromatic carbocycles. The molecule has 0 amide bonds. The number of carboxylic acid groups (broad SMARTS) is 1. The zero-order valence-corrected chi connectivity index (χ0v) is 12.4. The van der Waals surface area contributed by atoms with E-state index in [1.54, 1.807) is 13.8 Å². The molecular weight excluding hydrogens is 246 g/mol. The summed E-state index contributed by atoms with van der Waals surface area (Å²) in [6.07, 6.45) is 0.794. The molecule has 0 saturated heterocycles. The number of rotatable bonds is 5. The fourth-order valence-corrected chi connectivity index (χ4v) is 1.30. The maximum Gasteiger partial charge on any atom is 0.333 e. The molecule has 0 rings (SSSR count). The van der Waals surface area contributed by atoms with Gasteiger partial charge in [-0.25, -0.2) is 9.59 Å². The van der Waals surface area contributed by atoms with Gasteiger partial charge in [0.2, 0.25) is 0 Å². The van der Waals surface area contributed by atoms with Crippen LogP contribution in [0.3, 0.4) is 0 Å². The standard InChI is InChI=1S/C10H19NO2.C4H6O2/c1-5-9(8(4)11)7(3)10(12)13-6-2;1-3(2)4(5)6/h8H,5-6,11H2,1-4H3;1H2,2H3,(H,5,6). The quantitative estimate of drug-likeness (QED) is 0.591. The van der Waals surface area contributed by atoms with Gasteiger partial charge in [-0.05, 0) is 39.7 Å². The summed E-state index contributed by atoms with van der Waals surface area (Å²) in [6.45, 7) is 12.4. The first kappa shape index (κ1) is 19.7. The van der Waals surface area contributed by atoms with E-state index >= 15 is 0 Å². The molecule has 19 heavy (non-hydrogen) atoms. The van der Waals surface area contributed by atoms with Crippen molar-refractivity contribution in [1.29, 1.82) is 0 Å². The first-order valence-electron chi connectivity index (χ1n) is 6.20. The molecule has 0 saturated carbocycles. The smallest absolute Gasteiger partial charge is 0.333 e. The molecule has 0 spiro atoms. The van der Waals surface area contributed by atoms with Crippen molar-refractivity contribution in [1.82, 2.24) is 0 Å². The Kier molecular flexibility index (Phi) is 10.7. The Morgan fingerprint density at radius 2 is 1.74 bits per heavy atom. The molecule has 3 N–H and O–H groups in total. The molecule has 5 heteroatoms. The maximum atomic E-state index is 11.3. The number of nitrogens with two attached hydrogens (primary N) is 1. The number of esters is 1. The van der Waals surface area contributed by atoms with Crippen LogP contribution in [-0.4, -0.2) is 29.7 Å². The van der Waals surface area contributed by atoms with Crippen molar-refractivity contribution >= 4 is 11.9 Å². The molecule has 5 nitrogen and oxygen atoms in total. The Morgan fingerprint density at radius 3 is 1.95 bits per heavy atom. The summed E-state index contributed by atoms with van der Waals surface area (Å²) >= 11 is 0. The summed E-state index contributed by atoms with van der Waals surface area (Å²) in [4.78, 5) is 20.9. The monoisotopic (exact) mass is 271 g/mol. The van der Waals surface area contributed by atoms with Gasteiger partial charge in [-0.15, -0.1) is 0 Å². The lowest BCUT2D eigenvalue weighted by atomic mass is 10.0. The van der Waals surface area contributed by atoms with E-state index in [4.69, 9.17) is 15.6 Å². The molecule has 0 aromatic rings. The van der Waals surface area contributed by atoms with Gasteiger partial charge in [0.25, 0.3) is 0 Å². The largest absolute Gasteiger partial charge is 0.478 e. The topological polar surface area (TPSA) is 89.6 Å². The van der Waals surface area contributed by atoms with Gasteiger partial charge in [0, 0.05) is 17.2 Å². The molecule has 1 atom stereocenters. The number of carboxylic acids is 1. The Morgan fingerprint density at radius 1 is 1.32 bits per heavy atom. The molecule has 0 aliphatic rings. The fraction of sp³-hybridized carbons (Fsp3) is 0.571. The van der Waals surface area contributed by atoms with Crippen molar-refractivity contribution in [2.45, 2.75) is 47.1 Å². The Labute approximate surface area is 115 Å². The number of hydrogen-bond donors (Lipinski definition) is 2. The van der Waals surface area contributed by atoms with E-state index in [2.05, 4.69) is 6.58 Å². The second kappa shape index (κ2) is 10.3. The molecule has 1 unspecified atom stereocenters. The maximum absolute atomic E-state index is 11.3. The van der Waals surface area contributed by atoms with Crippen molar-refractivity contribution in [2.24, 2.45) is 5.73 Å². The van der Waals surface area contributed by atoms with Crippen LogP contribution in [0.25, 0.3) is 0 Å².